The number of nitrogens with zero attached hydrogens (tertiary/aromatic N) is 2. The van der Waals surface area contributed by atoms with Crippen LogP contribution in [0.4, 0.5) is 0 Å². The van der Waals surface area contributed by atoms with E-state index in [2.05, 4.69) is 47.5 Å². The summed E-state index contributed by atoms with van der Waals surface area (Å²) in [5.74, 6) is 1.95. The first kappa shape index (κ1) is 13.3. The molecule has 2 heterocycles. The Morgan fingerprint density at radius 1 is 1.25 bits per heavy atom. The minimum absolute atomic E-state index is 0.379. The first-order valence-electron chi connectivity index (χ1n) is 7.31. The highest BCUT2D eigenvalue weighted by atomic mass is 16.5. The summed E-state index contributed by atoms with van der Waals surface area (Å²) in [7, 11) is 0. The summed E-state index contributed by atoms with van der Waals surface area (Å²) in [6.45, 7) is 6.28. The third-order valence-electron chi connectivity index (χ3n) is 3.77. The van der Waals surface area contributed by atoms with Crippen molar-refractivity contribution in [3.05, 3.63) is 46.6 Å². The third-order valence-corrected chi connectivity index (χ3v) is 3.77. The van der Waals surface area contributed by atoms with E-state index in [1.165, 1.54) is 23.1 Å². The Labute approximate surface area is 119 Å². The number of nitrogens with one attached hydrogen (secondary N) is 1. The molecule has 1 atom stereocenters. The molecule has 3 rings (SSSR count). The van der Waals surface area contributed by atoms with Crippen LogP contribution in [0.25, 0.3) is 0 Å². The molecule has 4 heteroatoms. The predicted octanol–water partition coefficient (Wildman–Crippen LogP) is 2.74. The SMILES string of the molecule is Cc1cc(C)cc(Cc2noc(C3CCCNC3)n2)c1. The van der Waals surface area contributed by atoms with Gasteiger partial charge in [0.05, 0.1) is 5.92 Å². The molecule has 1 aliphatic rings. The van der Waals surface area contributed by atoms with E-state index in [1.54, 1.807) is 0 Å². The van der Waals surface area contributed by atoms with Crippen LogP contribution in [0.3, 0.4) is 0 Å². The van der Waals surface area contributed by atoms with Crippen molar-refractivity contribution in [3.63, 3.8) is 0 Å². The lowest BCUT2D eigenvalue weighted by molar-refractivity contribution is 0.320. The Morgan fingerprint density at radius 3 is 2.75 bits per heavy atom. The van der Waals surface area contributed by atoms with Gasteiger partial charge in [-0.25, -0.2) is 0 Å². The highest BCUT2D eigenvalue weighted by Crippen LogP contribution is 2.22. The summed E-state index contributed by atoms with van der Waals surface area (Å²) in [5, 5.41) is 7.51. The van der Waals surface area contributed by atoms with Crippen molar-refractivity contribution in [3.8, 4) is 0 Å². The van der Waals surface area contributed by atoms with Crippen molar-refractivity contribution in [2.24, 2.45) is 0 Å². The zero-order chi connectivity index (χ0) is 13.9. The fourth-order valence-corrected chi connectivity index (χ4v) is 2.92. The number of hydrogen-bond acceptors (Lipinski definition) is 4. The molecule has 0 amide bonds. The van der Waals surface area contributed by atoms with E-state index >= 15 is 0 Å². The molecule has 2 aromatic rings. The second kappa shape index (κ2) is 5.75. The van der Waals surface area contributed by atoms with Gasteiger partial charge in [0, 0.05) is 13.0 Å². The highest BCUT2D eigenvalue weighted by molar-refractivity contribution is 5.30. The fourth-order valence-electron chi connectivity index (χ4n) is 2.92. The number of benzene rings is 1. The topological polar surface area (TPSA) is 51.0 Å². The Morgan fingerprint density at radius 2 is 2.05 bits per heavy atom. The standard InChI is InChI=1S/C16H21N3O/c1-11-6-12(2)8-13(7-11)9-15-18-16(20-19-15)14-4-3-5-17-10-14/h6-8,14,17H,3-5,9-10H2,1-2H3. The van der Waals surface area contributed by atoms with Gasteiger partial charge >= 0.3 is 0 Å². The maximum Gasteiger partial charge on any atom is 0.231 e. The van der Waals surface area contributed by atoms with Crippen molar-refractivity contribution >= 4 is 0 Å². The maximum absolute atomic E-state index is 5.44. The second-order valence-corrected chi connectivity index (χ2v) is 5.76. The van der Waals surface area contributed by atoms with Gasteiger partial charge in [0.2, 0.25) is 5.89 Å². The predicted molar refractivity (Wildman–Crippen MR) is 77.9 cm³/mol. The lowest BCUT2D eigenvalue weighted by Gasteiger charge is -2.18. The summed E-state index contributed by atoms with van der Waals surface area (Å²) < 4.78 is 5.44. The monoisotopic (exact) mass is 271 g/mol. The number of aryl methyl sites for hydroxylation is 2. The third kappa shape index (κ3) is 3.07. The second-order valence-electron chi connectivity index (χ2n) is 5.76. The average molecular weight is 271 g/mol. The molecule has 1 fully saturated rings. The van der Waals surface area contributed by atoms with Crippen molar-refractivity contribution in [1.82, 2.24) is 15.5 Å². The number of aromatic nitrogens is 2. The van der Waals surface area contributed by atoms with Gasteiger partial charge in [0.1, 0.15) is 0 Å². The molecule has 1 unspecified atom stereocenters. The normalized spacial score (nSPS) is 19.2. The first-order chi connectivity index (χ1) is 9.70. The average Bonchev–Trinajstić information content (AvgIpc) is 2.87. The minimum Gasteiger partial charge on any atom is -0.339 e. The van der Waals surface area contributed by atoms with E-state index in [4.69, 9.17) is 4.52 Å². The molecule has 0 saturated carbocycles. The number of hydrogen-bond donors (Lipinski definition) is 1. The van der Waals surface area contributed by atoms with Gasteiger partial charge < -0.3 is 9.84 Å². The van der Waals surface area contributed by atoms with Gasteiger partial charge in [-0.2, -0.15) is 4.98 Å². The van der Waals surface area contributed by atoms with Crippen LogP contribution in [0.1, 0.15) is 47.2 Å². The van der Waals surface area contributed by atoms with Crippen LogP contribution >= 0.6 is 0 Å². The Bertz CT molecular complexity index is 565. The summed E-state index contributed by atoms with van der Waals surface area (Å²) >= 11 is 0. The smallest absolute Gasteiger partial charge is 0.231 e. The van der Waals surface area contributed by atoms with Crippen LogP contribution in [0.5, 0.6) is 0 Å². The molecule has 1 aromatic heterocycles. The molecule has 0 spiro atoms. The van der Waals surface area contributed by atoms with Gasteiger partial charge in [-0.15, -0.1) is 0 Å². The van der Waals surface area contributed by atoms with Crippen molar-refractivity contribution < 1.29 is 4.52 Å². The molecule has 20 heavy (non-hydrogen) atoms. The maximum atomic E-state index is 5.44. The molecule has 1 aliphatic heterocycles. The largest absolute Gasteiger partial charge is 0.339 e. The van der Waals surface area contributed by atoms with Gasteiger partial charge in [0.15, 0.2) is 5.82 Å². The van der Waals surface area contributed by atoms with E-state index in [0.29, 0.717) is 5.92 Å². The molecular formula is C16H21N3O. The van der Waals surface area contributed by atoms with Crippen LogP contribution in [-0.4, -0.2) is 23.2 Å². The zero-order valence-electron chi connectivity index (χ0n) is 12.1. The summed E-state index contributed by atoms with van der Waals surface area (Å²) in [5.41, 5.74) is 3.80. The summed E-state index contributed by atoms with van der Waals surface area (Å²) in [6, 6.07) is 6.55. The number of rotatable bonds is 3. The van der Waals surface area contributed by atoms with E-state index in [1.807, 2.05) is 0 Å². The van der Waals surface area contributed by atoms with Crippen LogP contribution in [0.15, 0.2) is 22.7 Å². The molecule has 1 aromatic carbocycles. The van der Waals surface area contributed by atoms with E-state index < -0.39 is 0 Å². The minimum atomic E-state index is 0.379. The van der Waals surface area contributed by atoms with Crippen LogP contribution in [0.2, 0.25) is 0 Å². The quantitative estimate of drug-likeness (QED) is 0.932. The van der Waals surface area contributed by atoms with E-state index in [0.717, 1.165) is 37.6 Å². The van der Waals surface area contributed by atoms with Crippen LogP contribution < -0.4 is 5.32 Å². The Hall–Kier alpha value is -1.68. The highest BCUT2D eigenvalue weighted by Gasteiger charge is 2.21. The molecule has 4 nitrogen and oxygen atoms in total. The molecule has 106 valence electrons. The van der Waals surface area contributed by atoms with E-state index in [9.17, 15) is 0 Å². The zero-order valence-corrected chi connectivity index (χ0v) is 12.1. The summed E-state index contributed by atoms with van der Waals surface area (Å²) in [4.78, 5) is 4.57. The number of piperidine rings is 1. The Kier molecular flexibility index (Phi) is 3.83. The Balaban J connectivity index is 1.73. The lowest BCUT2D eigenvalue weighted by atomic mass is 10.00. The van der Waals surface area contributed by atoms with Crippen LogP contribution in [0, 0.1) is 13.8 Å². The van der Waals surface area contributed by atoms with Gasteiger partial charge in [0.25, 0.3) is 0 Å². The van der Waals surface area contributed by atoms with Gasteiger partial charge in [-0.05, 0) is 38.8 Å². The van der Waals surface area contributed by atoms with Crippen LogP contribution in [-0.2, 0) is 6.42 Å². The molecular weight excluding hydrogens is 250 g/mol. The molecule has 1 N–H and O–H groups in total. The fraction of sp³-hybridized carbons (Fsp3) is 0.500. The van der Waals surface area contributed by atoms with Crippen molar-refractivity contribution in [2.45, 2.75) is 39.0 Å². The molecule has 0 radical (unpaired) electrons. The van der Waals surface area contributed by atoms with Gasteiger partial charge in [-0.3, -0.25) is 0 Å². The summed E-state index contributed by atoms with van der Waals surface area (Å²) in [6.07, 6.45) is 3.06. The molecule has 0 bridgehead atoms. The first-order valence-corrected chi connectivity index (χ1v) is 7.31. The molecule has 1 saturated heterocycles. The van der Waals surface area contributed by atoms with Crippen molar-refractivity contribution in [1.29, 1.82) is 0 Å². The van der Waals surface area contributed by atoms with Gasteiger partial charge in [-0.1, -0.05) is 34.5 Å². The molecule has 0 aliphatic carbocycles. The van der Waals surface area contributed by atoms with E-state index in [-0.39, 0.29) is 0 Å². The van der Waals surface area contributed by atoms with Crippen molar-refractivity contribution in [2.75, 3.05) is 13.1 Å². The lowest BCUT2D eigenvalue weighted by Crippen LogP contribution is -2.28.